The molecule has 0 aliphatic heterocycles. The Morgan fingerprint density at radius 1 is 1.13 bits per heavy atom. The van der Waals surface area contributed by atoms with Crippen molar-refractivity contribution in [1.82, 2.24) is 0 Å². The van der Waals surface area contributed by atoms with E-state index >= 15 is 0 Å². The van der Waals surface area contributed by atoms with E-state index in [1.165, 1.54) is 6.92 Å². The highest BCUT2D eigenvalue weighted by atomic mass is 28.4. The summed E-state index contributed by atoms with van der Waals surface area (Å²) in [5, 5.41) is 0. The Labute approximate surface area is 92.2 Å². The van der Waals surface area contributed by atoms with E-state index < -0.39 is 8.56 Å². The Bertz CT molecular complexity index is 221. The molecule has 0 fully saturated rings. The van der Waals surface area contributed by atoms with Crippen LogP contribution in [0.5, 0.6) is 0 Å². The van der Waals surface area contributed by atoms with Gasteiger partial charge < -0.3 is 8.85 Å². The third kappa shape index (κ3) is 6.54. The highest BCUT2D eigenvalue weighted by Gasteiger charge is 2.33. The van der Waals surface area contributed by atoms with Crippen molar-refractivity contribution in [2.75, 3.05) is 13.2 Å². The molecular weight excluding hydrogens is 212 g/mol. The average Bonchev–Trinajstić information content (AvgIpc) is 2.01. The zero-order chi connectivity index (χ0) is 11.9. The van der Waals surface area contributed by atoms with Crippen LogP contribution in [0.25, 0.3) is 0 Å². The van der Waals surface area contributed by atoms with Gasteiger partial charge in [0.1, 0.15) is 11.6 Å². The second-order valence-corrected chi connectivity index (χ2v) is 6.79. The van der Waals surface area contributed by atoms with E-state index in [1.54, 1.807) is 0 Å². The van der Waals surface area contributed by atoms with Crippen molar-refractivity contribution in [3.05, 3.63) is 0 Å². The van der Waals surface area contributed by atoms with Gasteiger partial charge in [-0.05, 0) is 27.3 Å². The molecule has 0 aliphatic rings. The summed E-state index contributed by atoms with van der Waals surface area (Å²) in [5.41, 5.74) is 0. The van der Waals surface area contributed by atoms with Crippen LogP contribution >= 0.6 is 0 Å². The van der Waals surface area contributed by atoms with Crippen LogP contribution in [0.2, 0.25) is 12.6 Å². The number of ketones is 2. The first-order chi connectivity index (χ1) is 6.93. The maximum absolute atomic E-state index is 11.5. The quantitative estimate of drug-likeness (QED) is 0.472. The normalized spacial score (nSPS) is 11.5. The topological polar surface area (TPSA) is 52.6 Å². The van der Waals surface area contributed by atoms with Crippen LogP contribution in [0.3, 0.4) is 0 Å². The second-order valence-electron chi connectivity index (χ2n) is 3.59. The number of rotatable bonds is 8. The van der Waals surface area contributed by atoms with Crippen LogP contribution in [0.15, 0.2) is 0 Å². The Kier molecular flexibility index (Phi) is 6.63. The van der Waals surface area contributed by atoms with E-state index in [2.05, 4.69) is 0 Å². The molecule has 0 amide bonds. The number of carbonyl (C=O) groups is 2. The van der Waals surface area contributed by atoms with Gasteiger partial charge in [-0.1, -0.05) is 0 Å². The minimum absolute atomic E-state index is 0.0112. The van der Waals surface area contributed by atoms with Crippen molar-refractivity contribution in [3.63, 3.8) is 0 Å². The summed E-state index contributed by atoms with van der Waals surface area (Å²) in [7, 11) is -2.38. The predicted octanol–water partition coefficient (Wildman–Crippen LogP) is 1.68. The van der Waals surface area contributed by atoms with Crippen molar-refractivity contribution in [2.24, 2.45) is 0 Å². The van der Waals surface area contributed by atoms with Crippen molar-refractivity contribution in [1.29, 1.82) is 0 Å². The Morgan fingerprint density at radius 3 is 1.93 bits per heavy atom. The molecule has 4 nitrogen and oxygen atoms in total. The smallest absolute Gasteiger partial charge is 0.342 e. The van der Waals surface area contributed by atoms with Gasteiger partial charge in [0.05, 0.1) is 12.5 Å². The first kappa shape index (κ1) is 14.5. The molecule has 0 atom stereocenters. The summed E-state index contributed by atoms with van der Waals surface area (Å²) in [4.78, 5) is 22.2. The summed E-state index contributed by atoms with van der Waals surface area (Å²) < 4.78 is 11.0. The number of Topliss-reactive ketones (excluding diaryl/α,β-unsaturated/α-hetero) is 2. The molecule has 0 aromatic carbocycles. The van der Waals surface area contributed by atoms with Gasteiger partial charge >= 0.3 is 8.56 Å². The zero-order valence-electron chi connectivity index (χ0n) is 9.96. The second kappa shape index (κ2) is 6.87. The number of hydrogen-bond acceptors (Lipinski definition) is 4. The molecule has 0 N–H and O–H groups in total. The van der Waals surface area contributed by atoms with Gasteiger partial charge in [-0.15, -0.1) is 0 Å². The van der Waals surface area contributed by atoms with Crippen molar-refractivity contribution in [3.8, 4) is 0 Å². The highest BCUT2D eigenvalue weighted by Crippen LogP contribution is 2.15. The van der Waals surface area contributed by atoms with Gasteiger partial charge in [-0.3, -0.25) is 9.59 Å². The molecule has 88 valence electrons. The lowest BCUT2D eigenvalue weighted by Gasteiger charge is -2.24. The molecule has 0 spiro atoms. The fourth-order valence-corrected chi connectivity index (χ4v) is 3.80. The molecule has 0 aromatic rings. The molecule has 0 aliphatic carbocycles. The van der Waals surface area contributed by atoms with Crippen molar-refractivity contribution in [2.45, 2.75) is 39.8 Å². The van der Waals surface area contributed by atoms with Crippen molar-refractivity contribution < 1.29 is 18.4 Å². The van der Waals surface area contributed by atoms with Gasteiger partial charge in [0.25, 0.3) is 0 Å². The fourth-order valence-electron chi connectivity index (χ4n) is 1.45. The predicted molar refractivity (Wildman–Crippen MR) is 60.0 cm³/mol. The van der Waals surface area contributed by atoms with E-state index in [0.717, 1.165) is 0 Å². The Balaban J connectivity index is 4.26. The maximum atomic E-state index is 11.5. The minimum atomic E-state index is -2.38. The molecule has 0 saturated heterocycles. The maximum Gasteiger partial charge on any atom is 0.342 e. The lowest BCUT2D eigenvalue weighted by Crippen LogP contribution is -2.41. The number of carbonyl (C=O) groups excluding carboxylic acids is 2. The van der Waals surface area contributed by atoms with E-state index in [0.29, 0.717) is 13.2 Å². The Hall–Kier alpha value is -0.523. The van der Waals surface area contributed by atoms with Crippen LogP contribution in [-0.2, 0) is 18.4 Å². The summed E-state index contributed by atoms with van der Waals surface area (Å²) in [6.45, 7) is 8.10. The van der Waals surface area contributed by atoms with Gasteiger partial charge in [0, 0.05) is 13.2 Å². The van der Waals surface area contributed by atoms with E-state index in [9.17, 15) is 9.59 Å². The SMILES string of the molecule is CCO[Si](C)(CC(=O)CC(C)=O)OCC. The van der Waals surface area contributed by atoms with E-state index in [-0.39, 0.29) is 24.0 Å². The highest BCUT2D eigenvalue weighted by molar-refractivity contribution is 6.69. The summed E-state index contributed by atoms with van der Waals surface area (Å²) >= 11 is 0. The monoisotopic (exact) mass is 232 g/mol. The zero-order valence-corrected chi connectivity index (χ0v) is 11.0. The lowest BCUT2D eigenvalue weighted by atomic mass is 10.2. The van der Waals surface area contributed by atoms with Crippen molar-refractivity contribution >= 4 is 20.1 Å². The first-order valence-corrected chi connectivity index (χ1v) is 7.75. The van der Waals surface area contributed by atoms with Gasteiger partial charge in [0.2, 0.25) is 0 Å². The van der Waals surface area contributed by atoms with Crippen LogP contribution in [0.4, 0.5) is 0 Å². The first-order valence-electron chi connectivity index (χ1n) is 5.22. The number of hydrogen-bond donors (Lipinski definition) is 0. The lowest BCUT2D eigenvalue weighted by molar-refractivity contribution is -0.124. The Morgan fingerprint density at radius 2 is 1.60 bits per heavy atom. The van der Waals surface area contributed by atoms with Gasteiger partial charge in [-0.25, -0.2) is 0 Å². The molecule has 15 heavy (non-hydrogen) atoms. The summed E-state index contributed by atoms with van der Waals surface area (Å²) in [6, 6.07) is 0.258. The standard InChI is InChI=1S/C10H20O4Si/c1-5-13-15(4,14-6-2)8-10(12)7-9(3)11/h5-8H2,1-4H3. The third-order valence-corrected chi connectivity index (χ3v) is 4.70. The third-order valence-electron chi connectivity index (χ3n) is 1.86. The van der Waals surface area contributed by atoms with Gasteiger partial charge in [0.15, 0.2) is 0 Å². The molecular formula is C10H20O4Si. The van der Waals surface area contributed by atoms with E-state index in [4.69, 9.17) is 8.85 Å². The molecule has 0 rings (SSSR count). The van der Waals surface area contributed by atoms with Crippen LogP contribution < -0.4 is 0 Å². The summed E-state index contributed by atoms with van der Waals surface area (Å²) in [6.07, 6.45) is -0.0112. The largest absolute Gasteiger partial charge is 0.394 e. The average molecular weight is 232 g/mol. The molecule has 5 heteroatoms. The van der Waals surface area contributed by atoms with Crippen LogP contribution in [0.1, 0.15) is 27.2 Å². The molecule has 0 radical (unpaired) electrons. The van der Waals surface area contributed by atoms with Crippen LogP contribution in [0, 0.1) is 0 Å². The molecule has 0 saturated carbocycles. The summed E-state index contributed by atoms with van der Waals surface area (Å²) in [5.74, 6) is -0.192. The minimum Gasteiger partial charge on any atom is -0.394 e. The van der Waals surface area contributed by atoms with E-state index in [1.807, 2.05) is 20.4 Å². The molecule has 0 heterocycles. The van der Waals surface area contributed by atoms with Gasteiger partial charge in [-0.2, -0.15) is 0 Å². The molecule has 0 unspecified atom stereocenters. The molecule has 0 bridgehead atoms. The van der Waals surface area contributed by atoms with Crippen LogP contribution in [-0.4, -0.2) is 33.3 Å². The molecule has 0 aromatic heterocycles. The fraction of sp³-hybridized carbons (Fsp3) is 0.800.